The summed E-state index contributed by atoms with van der Waals surface area (Å²) in [6.45, 7) is 9.77. The molecule has 2 atom stereocenters. The van der Waals surface area contributed by atoms with Gasteiger partial charge in [0.2, 0.25) is 0 Å². The third-order valence-electron chi connectivity index (χ3n) is 4.08. The van der Waals surface area contributed by atoms with Crippen molar-refractivity contribution in [3.8, 4) is 0 Å². The summed E-state index contributed by atoms with van der Waals surface area (Å²) in [4.78, 5) is 0. The third kappa shape index (κ3) is 6.75. The maximum atomic E-state index is 11.6. The Labute approximate surface area is 119 Å². The van der Waals surface area contributed by atoms with E-state index < -0.39 is 9.84 Å². The lowest BCUT2D eigenvalue weighted by Gasteiger charge is -2.24. The predicted octanol–water partition coefficient (Wildman–Crippen LogP) is 2.86. The molecule has 1 saturated heterocycles. The summed E-state index contributed by atoms with van der Waals surface area (Å²) in [5, 5.41) is 3.49. The normalized spacial score (nSPS) is 24.2. The highest BCUT2D eigenvalue weighted by atomic mass is 32.2. The maximum absolute atomic E-state index is 11.6. The van der Waals surface area contributed by atoms with Gasteiger partial charge >= 0.3 is 0 Å². The molecule has 1 N–H and O–H groups in total. The van der Waals surface area contributed by atoms with Crippen LogP contribution in [-0.2, 0) is 9.84 Å². The van der Waals surface area contributed by atoms with Crippen LogP contribution < -0.4 is 5.32 Å². The van der Waals surface area contributed by atoms with Gasteiger partial charge in [-0.3, -0.25) is 0 Å². The van der Waals surface area contributed by atoms with Gasteiger partial charge in [0, 0.05) is 6.04 Å². The van der Waals surface area contributed by atoms with Crippen molar-refractivity contribution in [2.45, 2.75) is 59.4 Å². The first-order valence-electron chi connectivity index (χ1n) is 7.74. The SMILES string of the molecule is CC(C)CCCC(CNC(C)C)C1CCS(=O)(=O)C1. The predicted molar refractivity (Wildman–Crippen MR) is 82.1 cm³/mol. The van der Waals surface area contributed by atoms with Crippen LogP contribution in [0.15, 0.2) is 0 Å². The van der Waals surface area contributed by atoms with E-state index in [0.29, 0.717) is 29.4 Å². The summed E-state index contributed by atoms with van der Waals surface area (Å²) in [7, 11) is -2.75. The van der Waals surface area contributed by atoms with Crippen LogP contribution in [0, 0.1) is 17.8 Å². The van der Waals surface area contributed by atoms with Crippen molar-refractivity contribution in [3.63, 3.8) is 0 Å². The van der Waals surface area contributed by atoms with Gasteiger partial charge in [-0.15, -0.1) is 0 Å². The largest absolute Gasteiger partial charge is 0.314 e. The molecule has 4 heteroatoms. The standard InChI is InChI=1S/C15H31NO2S/c1-12(2)6-5-7-14(10-16-13(3)4)15-8-9-19(17,18)11-15/h12-16H,5-11H2,1-4H3. The minimum absolute atomic E-state index is 0.378. The van der Waals surface area contributed by atoms with E-state index in [1.54, 1.807) is 0 Å². The number of hydrogen-bond donors (Lipinski definition) is 1. The molecule has 0 bridgehead atoms. The van der Waals surface area contributed by atoms with Crippen LogP contribution in [0.1, 0.15) is 53.4 Å². The van der Waals surface area contributed by atoms with Crippen molar-refractivity contribution in [3.05, 3.63) is 0 Å². The Balaban J connectivity index is 2.49. The van der Waals surface area contributed by atoms with Gasteiger partial charge in [-0.05, 0) is 37.1 Å². The molecule has 0 saturated carbocycles. The molecular weight excluding hydrogens is 258 g/mol. The Hall–Kier alpha value is -0.0900. The zero-order valence-corrected chi connectivity index (χ0v) is 13.8. The molecule has 2 unspecified atom stereocenters. The van der Waals surface area contributed by atoms with Gasteiger partial charge in [-0.25, -0.2) is 8.42 Å². The molecule has 3 nitrogen and oxygen atoms in total. The molecule has 19 heavy (non-hydrogen) atoms. The number of hydrogen-bond acceptors (Lipinski definition) is 3. The summed E-state index contributed by atoms with van der Waals surface area (Å²) in [6.07, 6.45) is 4.50. The molecule has 1 fully saturated rings. The highest BCUT2D eigenvalue weighted by molar-refractivity contribution is 7.91. The lowest BCUT2D eigenvalue weighted by molar-refractivity contribution is 0.302. The molecule has 0 aliphatic carbocycles. The number of nitrogens with one attached hydrogen (secondary N) is 1. The molecular formula is C15H31NO2S. The number of rotatable bonds is 8. The van der Waals surface area contributed by atoms with Crippen molar-refractivity contribution in [1.82, 2.24) is 5.32 Å². The van der Waals surface area contributed by atoms with E-state index in [1.807, 2.05) is 0 Å². The molecule has 0 radical (unpaired) electrons. The van der Waals surface area contributed by atoms with E-state index in [1.165, 1.54) is 12.8 Å². The third-order valence-corrected chi connectivity index (χ3v) is 5.87. The second-order valence-corrected chi connectivity index (χ2v) is 9.04. The Bertz CT molecular complexity index is 349. The van der Waals surface area contributed by atoms with Gasteiger partial charge in [0.05, 0.1) is 11.5 Å². The molecule has 1 rings (SSSR count). The summed E-state index contributed by atoms with van der Waals surface area (Å²) in [6, 6.07) is 0.477. The fourth-order valence-corrected chi connectivity index (χ4v) is 4.80. The molecule has 1 aliphatic heterocycles. The Morgan fingerprint density at radius 3 is 2.32 bits per heavy atom. The molecule has 0 amide bonds. The highest BCUT2D eigenvalue weighted by Gasteiger charge is 2.33. The first-order valence-corrected chi connectivity index (χ1v) is 9.56. The fourth-order valence-electron chi connectivity index (χ4n) is 2.88. The monoisotopic (exact) mass is 289 g/mol. The zero-order chi connectivity index (χ0) is 14.5. The van der Waals surface area contributed by atoms with Crippen LogP contribution in [-0.4, -0.2) is 32.5 Å². The van der Waals surface area contributed by atoms with Crippen molar-refractivity contribution in [1.29, 1.82) is 0 Å². The van der Waals surface area contributed by atoms with E-state index in [-0.39, 0.29) is 0 Å². The van der Waals surface area contributed by atoms with Gasteiger partial charge < -0.3 is 5.32 Å². The topological polar surface area (TPSA) is 46.2 Å². The average molecular weight is 289 g/mol. The van der Waals surface area contributed by atoms with Crippen molar-refractivity contribution >= 4 is 9.84 Å². The minimum Gasteiger partial charge on any atom is -0.314 e. The van der Waals surface area contributed by atoms with Gasteiger partial charge in [0.15, 0.2) is 9.84 Å². The summed E-state index contributed by atoms with van der Waals surface area (Å²) < 4.78 is 23.3. The van der Waals surface area contributed by atoms with Crippen molar-refractivity contribution in [2.24, 2.45) is 17.8 Å². The first-order chi connectivity index (χ1) is 8.80. The van der Waals surface area contributed by atoms with Crippen LogP contribution in [0.25, 0.3) is 0 Å². The Morgan fingerprint density at radius 2 is 1.84 bits per heavy atom. The van der Waals surface area contributed by atoms with Crippen LogP contribution in [0.5, 0.6) is 0 Å². The molecule has 1 heterocycles. The van der Waals surface area contributed by atoms with E-state index in [0.717, 1.165) is 25.3 Å². The van der Waals surface area contributed by atoms with Gasteiger partial charge in [0.1, 0.15) is 0 Å². The quantitative estimate of drug-likeness (QED) is 0.747. The van der Waals surface area contributed by atoms with Gasteiger partial charge in [0.25, 0.3) is 0 Å². The van der Waals surface area contributed by atoms with Crippen LogP contribution in [0.2, 0.25) is 0 Å². The zero-order valence-electron chi connectivity index (χ0n) is 13.0. The summed E-state index contributed by atoms with van der Waals surface area (Å²) >= 11 is 0. The molecule has 0 aromatic heterocycles. The van der Waals surface area contributed by atoms with Gasteiger partial charge in [-0.1, -0.05) is 40.5 Å². The second kappa shape index (κ2) is 7.63. The number of sulfone groups is 1. The van der Waals surface area contributed by atoms with E-state index in [2.05, 4.69) is 33.0 Å². The van der Waals surface area contributed by atoms with Crippen molar-refractivity contribution < 1.29 is 8.42 Å². The molecule has 114 valence electrons. The second-order valence-electron chi connectivity index (χ2n) is 6.81. The lowest BCUT2D eigenvalue weighted by Crippen LogP contribution is -2.33. The van der Waals surface area contributed by atoms with Gasteiger partial charge in [-0.2, -0.15) is 0 Å². The van der Waals surface area contributed by atoms with Crippen LogP contribution >= 0.6 is 0 Å². The fraction of sp³-hybridized carbons (Fsp3) is 1.00. The lowest BCUT2D eigenvalue weighted by atomic mass is 9.86. The summed E-state index contributed by atoms with van der Waals surface area (Å²) in [5.41, 5.74) is 0. The Kier molecular flexibility index (Phi) is 6.81. The van der Waals surface area contributed by atoms with E-state index in [9.17, 15) is 8.42 Å². The molecule has 1 aliphatic rings. The smallest absolute Gasteiger partial charge is 0.150 e. The molecule has 0 spiro atoms. The van der Waals surface area contributed by atoms with Crippen LogP contribution in [0.4, 0.5) is 0 Å². The minimum atomic E-state index is -2.75. The van der Waals surface area contributed by atoms with E-state index >= 15 is 0 Å². The molecule has 0 aromatic carbocycles. The van der Waals surface area contributed by atoms with E-state index in [4.69, 9.17) is 0 Å². The molecule has 0 aromatic rings. The van der Waals surface area contributed by atoms with Crippen molar-refractivity contribution in [2.75, 3.05) is 18.1 Å². The first kappa shape index (κ1) is 17.0. The highest BCUT2D eigenvalue weighted by Crippen LogP contribution is 2.29. The maximum Gasteiger partial charge on any atom is 0.150 e. The van der Waals surface area contributed by atoms with Crippen LogP contribution in [0.3, 0.4) is 0 Å². The summed E-state index contributed by atoms with van der Waals surface area (Å²) in [5.74, 6) is 2.46. The Morgan fingerprint density at radius 1 is 1.16 bits per heavy atom. The average Bonchev–Trinajstić information content (AvgIpc) is 2.63.